The van der Waals surface area contributed by atoms with E-state index in [1.807, 2.05) is 11.3 Å². The first kappa shape index (κ1) is 31.3. The maximum atomic E-state index is 2.52. The Labute approximate surface area is 320 Å². The predicted octanol–water partition coefficient (Wildman–Crippen LogP) is 14.2. The minimum Gasteiger partial charge on any atom is -0.310 e. The Morgan fingerprint density at radius 3 is 1.43 bits per heavy atom. The Balaban J connectivity index is 1.18. The molecular formula is C52H37NS. The molecule has 0 bridgehead atoms. The summed E-state index contributed by atoms with van der Waals surface area (Å²) in [5.41, 5.74) is 16.2. The topological polar surface area (TPSA) is 3.24 Å². The maximum Gasteiger partial charge on any atom is 0.0554 e. The first-order valence-corrected chi connectivity index (χ1v) is 19.7. The van der Waals surface area contributed by atoms with Crippen LogP contribution in [0.4, 0.5) is 17.1 Å². The minimum atomic E-state index is -0.251. The molecule has 2 unspecified atom stereocenters. The molecule has 8 aromatic carbocycles. The van der Waals surface area contributed by atoms with Gasteiger partial charge in [-0.05, 0) is 112 Å². The average Bonchev–Trinajstić information content (AvgIpc) is 3.84. The van der Waals surface area contributed by atoms with E-state index in [9.17, 15) is 0 Å². The summed E-state index contributed by atoms with van der Waals surface area (Å²) in [4.78, 5) is 2.52. The number of rotatable bonds is 5. The largest absolute Gasteiger partial charge is 0.310 e. The molecule has 256 valence electrons. The van der Waals surface area contributed by atoms with Crippen LogP contribution < -0.4 is 4.90 Å². The third-order valence-electron chi connectivity index (χ3n) is 12.4. The summed E-state index contributed by atoms with van der Waals surface area (Å²) >= 11 is 1.87. The van der Waals surface area contributed by atoms with Crippen LogP contribution in [0.2, 0.25) is 0 Å². The highest BCUT2D eigenvalue weighted by molar-refractivity contribution is 7.26. The van der Waals surface area contributed by atoms with Crippen molar-refractivity contribution in [1.82, 2.24) is 0 Å². The van der Waals surface area contributed by atoms with Crippen LogP contribution in [0.15, 0.2) is 188 Å². The first-order chi connectivity index (χ1) is 26.5. The quantitative estimate of drug-likeness (QED) is 0.172. The summed E-state index contributed by atoms with van der Waals surface area (Å²) in [6.07, 6.45) is 0. The highest BCUT2D eigenvalue weighted by atomic mass is 32.1. The molecule has 0 N–H and O–H groups in total. The molecule has 1 heterocycles. The fraction of sp³-hybridized carbons (Fsp3) is 0.0769. The molecule has 1 nitrogen and oxygen atoms in total. The van der Waals surface area contributed by atoms with Crippen molar-refractivity contribution in [3.05, 3.63) is 221 Å². The van der Waals surface area contributed by atoms with Crippen LogP contribution in [0.5, 0.6) is 0 Å². The van der Waals surface area contributed by atoms with E-state index in [-0.39, 0.29) is 10.8 Å². The van der Waals surface area contributed by atoms with Gasteiger partial charge in [0, 0.05) is 42.4 Å². The van der Waals surface area contributed by atoms with E-state index in [2.05, 4.69) is 207 Å². The molecular weight excluding hydrogens is 671 g/mol. The third-order valence-corrected chi connectivity index (χ3v) is 13.6. The summed E-state index contributed by atoms with van der Waals surface area (Å²) in [6, 6.07) is 70.1. The lowest BCUT2D eigenvalue weighted by Crippen LogP contribution is -2.22. The fourth-order valence-corrected chi connectivity index (χ4v) is 10.9. The highest BCUT2D eigenvalue weighted by Crippen LogP contribution is 2.56. The number of nitrogens with zero attached hydrogens (tertiary/aromatic N) is 1. The van der Waals surface area contributed by atoms with Crippen LogP contribution in [-0.2, 0) is 10.8 Å². The molecule has 0 spiro atoms. The van der Waals surface area contributed by atoms with Crippen molar-refractivity contribution in [3.63, 3.8) is 0 Å². The second kappa shape index (κ2) is 11.6. The van der Waals surface area contributed by atoms with Gasteiger partial charge in [0.1, 0.15) is 0 Å². The minimum absolute atomic E-state index is 0.251. The molecule has 54 heavy (non-hydrogen) atoms. The van der Waals surface area contributed by atoms with Crippen LogP contribution in [0, 0.1) is 0 Å². The molecule has 0 saturated heterocycles. The Morgan fingerprint density at radius 1 is 0.389 bits per heavy atom. The second-order valence-corrected chi connectivity index (χ2v) is 16.2. The number of hydrogen-bond donors (Lipinski definition) is 0. The van der Waals surface area contributed by atoms with Gasteiger partial charge in [0.25, 0.3) is 0 Å². The van der Waals surface area contributed by atoms with Crippen molar-refractivity contribution >= 4 is 48.6 Å². The monoisotopic (exact) mass is 707 g/mol. The van der Waals surface area contributed by atoms with E-state index in [1.54, 1.807) is 0 Å². The van der Waals surface area contributed by atoms with E-state index in [1.165, 1.54) is 81.5 Å². The summed E-state index contributed by atoms with van der Waals surface area (Å²) in [5, 5.41) is 2.59. The number of anilines is 3. The van der Waals surface area contributed by atoms with E-state index in [4.69, 9.17) is 0 Å². The van der Waals surface area contributed by atoms with Crippen molar-refractivity contribution in [1.29, 1.82) is 0 Å². The van der Waals surface area contributed by atoms with Crippen LogP contribution >= 0.6 is 11.3 Å². The Hall–Kier alpha value is -6.22. The Bertz CT molecular complexity index is 2780. The molecule has 2 heteroatoms. The molecule has 2 aliphatic carbocycles. The van der Waals surface area contributed by atoms with Crippen molar-refractivity contribution in [3.8, 4) is 22.3 Å². The molecule has 1 aromatic heterocycles. The van der Waals surface area contributed by atoms with Crippen LogP contribution in [0.3, 0.4) is 0 Å². The molecule has 0 amide bonds. The third kappa shape index (κ3) is 4.26. The first-order valence-electron chi connectivity index (χ1n) is 18.9. The lowest BCUT2D eigenvalue weighted by atomic mass is 9.74. The molecule has 9 aromatic rings. The van der Waals surface area contributed by atoms with E-state index in [0.29, 0.717) is 0 Å². The molecule has 0 fully saturated rings. The van der Waals surface area contributed by atoms with Crippen molar-refractivity contribution in [2.75, 3.05) is 4.90 Å². The lowest BCUT2D eigenvalue weighted by Gasteiger charge is -2.31. The van der Waals surface area contributed by atoms with Gasteiger partial charge in [-0.15, -0.1) is 11.3 Å². The van der Waals surface area contributed by atoms with Gasteiger partial charge in [-0.25, -0.2) is 0 Å². The lowest BCUT2D eigenvalue weighted by molar-refractivity contribution is 0.714. The van der Waals surface area contributed by atoms with Gasteiger partial charge < -0.3 is 4.90 Å². The normalized spacial score (nSPS) is 18.0. The summed E-state index contributed by atoms with van der Waals surface area (Å²) in [6.45, 7) is 4.79. The Kier molecular flexibility index (Phi) is 6.75. The molecule has 2 atom stereocenters. The second-order valence-electron chi connectivity index (χ2n) is 15.1. The number of thiophene rings is 1. The van der Waals surface area contributed by atoms with Crippen molar-refractivity contribution in [2.24, 2.45) is 0 Å². The Morgan fingerprint density at radius 2 is 0.852 bits per heavy atom. The van der Waals surface area contributed by atoms with Crippen LogP contribution in [0.25, 0.3) is 42.4 Å². The fourth-order valence-electron chi connectivity index (χ4n) is 9.79. The molecule has 0 saturated carbocycles. The average molecular weight is 708 g/mol. The number of fused-ring (bicyclic) bond motifs is 9. The van der Waals surface area contributed by atoms with Crippen molar-refractivity contribution < 1.29 is 0 Å². The van der Waals surface area contributed by atoms with Gasteiger partial charge in [-0.3, -0.25) is 0 Å². The summed E-state index contributed by atoms with van der Waals surface area (Å²) in [5.74, 6) is 0. The number of hydrogen-bond acceptors (Lipinski definition) is 2. The zero-order valence-electron chi connectivity index (χ0n) is 30.3. The van der Waals surface area contributed by atoms with Gasteiger partial charge in [-0.1, -0.05) is 146 Å². The molecule has 0 aliphatic heterocycles. The van der Waals surface area contributed by atoms with Gasteiger partial charge >= 0.3 is 0 Å². The van der Waals surface area contributed by atoms with Gasteiger partial charge in [0.05, 0.1) is 5.69 Å². The zero-order chi connectivity index (χ0) is 36.0. The van der Waals surface area contributed by atoms with Crippen LogP contribution in [0.1, 0.15) is 47.2 Å². The summed E-state index contributed by atoms with van der Waals surface area (Å²) in [7, 11) is 0. The molecule has 0 radical (unpaired) electrons. The maximum absolute atomic E-state index is 2.52. The van der Waals surface area contributed by atoms with Gasteiger partial charge in [-0.2, -0.15) is 0 Å². The van der Waals surface area contributed by atoms with Crippen LogP contribution in [-0.4, -0.2) is 0 Å². The number of benzene rings is 8. The van der Waals surface area contributed by atoms with E-state index in [0.717, 1.165) is 11.4 Å². The smallest absolute Gasteiger partial charge is 0.0554 e. The zero-order valence-corrected chi connectivity index (χ0v) is 31.1. The van der Waals surface area contributed by atoms with E-state index >= 15 is 0 Å². The van der Waals surface area contributed by atoms with E-state index < -0.39 is 0 Å². The van der Waals surface area contributed by atoms with Gasteiger partial charge in [0.2, 0.25) is 0 Å². The molecule has 2 aliphatic rings. The van der Waals surface area contributed by atoms with Gasteiger partial charge in [0.15, 0.2) is 0 Å². The predicted molar refractivity (Wildman–Crippen MR) is 229 cm³/mol. The standard InChI is InChI=1S/C52H37NS/c1-51(34-16-5-3-6-17-34)43-23-12-9-20-38(43)41-32-36(28-30-45(41)51)53(47-25-15-27-49-50(47)40-22-11-14-26-48(40)54-49)37-29-31-46-42(33-37)39-21-10-13-24-44(39)52(46,2)35-18-7-4-8-19-35/h3-33H,1-2H3. The molecule has 11 rings (SSSR count). The SMILES string of the molecule is CC1(c2ccccc2)c2ccccc2-c2cc(N(c3ccc4c(c3)-c3ccccc3C4(C)c3ccccc3)c3cccc4sc5ccccc5c34)ccc21. The highest BCUT2D eigenvalue weighted by Gasteiger charge is 2.42. The van der Waals surface area contributed by atoms with Crippen molar-refractivity contribution in [2.45, 2.75) is 24.7 Å². The summed E-state index contributed by atoms with van der Waals surface area (Å²) < 4.78 is 2.60.